The van der Waals surface area contributed by atoms with Crippen molar-refractivity contribution in [1.29, 1.82) is 0 Å². The van der Waals surface area contributed by atoms with Crippen LogP contribution in [0.3, 0.4) is 0 Å². The molecule has 3 aromatic heterocycles. The SMILES string of the molecule is c1ccc(-n2c3ccccc3c3cc(-c4ccc5c6ccccc6n(-c6ccc7c8ccccc8n(-c8ccc([Si](c9ccccc9)(c9ccccc9)c9ccccc9)cc8)c7c6)c5c4)ccc32)cc1. The molecule has 0 aliphatic rings. The number of benzene rings is 11. The van der Waals surface area contributed by atoms with Crippen LogP contribution in [0.4, 0.5) is 0 Å². The number of fused-ring (bicyclic) bond motifs is 9. The predicted octanol–water partition coefficient (Wildman–Crippen LogP) is 14.0. The molecule has 0 spiro atoms. The Morgan fingerprint density at radius 1 is 0.200 bits per heavy atom. The molecule has 0 radical (unpaired) electrons. The van der Waals surface area contributed by atoms with Crippen molar-refractivity contribution < 1.29 is 0 Å². The van der Waals surface area contributed by atoms with Crippen LogP contribution in [-0.4, -0.2) is 21.8 Å². The smallest absolute Gasteiger partial charge is 0.179 e. The lowest BCUT2D eigenvalue weighted by Crippen LogP contribution is -2.74. The van der Waals surface area contributed by atoms with Gasteiger partial charge in [-0.1, -0.05) is 200 Å². The van der Waals surface area contributed by atoms with Crippen molar-refractivity contribution in [2.75, 3.05) is 0 Å². The molecule has 3 nitrogen and oxygen atoms in total. The molecule has 70 heavy (non-hydrogen) atoms. The van der Waals surface area contributed by atoms with Gasteiger partial charge in [-0.15, -0.1) is 0 Å². The van der Waals surface area contributed by atoms with E-state index in [1.807, 2.05) is 0 Å². The van der Waals surface area contributed by atoms with Gasteiger partial charge in [-0.3, -0.25) is 0 Å². The Morgan fingerprint density at radius 3 is 1.10 bits per heavy atom. The Bertz CT molecular complexity index is 4170. The summed E-state index contributed by atoms with van der Waals surface area (Å²) in [6, 6.07) is 101. The van der Waals surface area contributed by atoms with Gasteiger partial charge in [0.25, 0.3) is 0 Å². The minimum Gasteiger partial charge on any atom is -0.309 e. The van der Waals surface area contributed by atoms with E-state index in [9.17, 15) is 0 Å². The molecule has 0 unspecified atom stereocenters. The van der Waals surface area contributed by atoms with E-state index in [1.165, 1.54) is 103 Å². The van der Waals surface area contributed by atoms with E-state index in [1.54, 1.807) is 0 Å². The molecule has 14 aromatic rings. The lowest BCUT2D eigenvalue weighted by Gasteiger charge is -2.34. The maximum atomic E-state index is 2.47. The Hall–Kier alpha value is -8.96. The van der Waals surface area contributed by atoms with Crippen LogP contribution in [0.2, 0.25) is 0 Å². The van der Waals surface area contributed by atoms with Crippen LogP contribution in [0.1, 0.15) is 0 Å². The molecule has 0 fully saturated rings. The van der Waals surface area contributed by atoms with Gasteiger partial charge in [-0.05, 0) is 105 Å². The molecular weight excluding hydrogens is 863 g/mol. The van der Waals surface area contributed by atoms with Gasteiger partial charge < -0.3 is 13.7 Å². The van der Waals surface area contributed by atoms with Crippen LogP contribution in [0.15, 0.2) is 273 Å². The first-order valence-electron chi connectivity index (χ1n) is 24.2. The highest BCUT2D eigenvalue weighted by molar-refractivity contribution is 7.19. The summed E-state index contributed by atoms with van der Waals surface area (Å²) in [5.41, 5.74) is 13.0. The van der Waals surface area contributed by atoms with Crippen LogP contribution in [-0.2, 0) is 0 Å². The zero-order valence-electron chi connectivity index (χ0n) is 38.3. The highest BCUT2D eigenvalue weighted by Gasteiger charge is 2.41. The molecule has 4 heteroatoms. The fraction of sp³-hybridized carbons (Fsp3) is 0. The van der Waals surface area contributed by atoms with Gasteiger partial charge in [0.15, 0.2) is 8.07 Å². The van der Waals surface area contributed by atoms with E-state index >= 15 is 0 Å². The normalized spacial score (nSPS) is 12.0. The first kappa shape index (κ1) is 40.1. The molecule has 0 N–H and O–H groups in total. The van der Waals surface area contributed by atoms with Crippen LogP contribution in [0.5, 0.6) is 0 Å². The van der Waals surface area contributed by atoms with Crippen LogP contribution in [0.25, 0.3) is 93.6 Å². The van der Waals surface area contributed by atoms with Crippen LogP contribution in [0, 0.1) is 0 Å². The minimum atomic E-state index is -2.69. The molecule has 328 valence electrons. The molecule has 0 saturated carbocycles. The average Bonchev–Trinajstić information content (AvgIpc) is 4.07. The summed E-state index contributed by atoms with van der Waals surface area (Å²) in [7, 11) is -2.69. The van der Waals surface area contributed by atoms with E-state index in [0.29, 0.717) is 0 Å². The minimum absolute atomic E-state index is 1.13. The number of aromatic nitrogens is 3. The topological polar surface area (TPSA) is 14.8 Å². The monoisotopic (exact) mass is 907 g/mol. The van der Waals surface area contributed by atoms with E-state index in [0.717, 1.165) is 11.4 Å². The zero-order valence-corrected chi connectivity index (χ0v) is 39.3. The fourth-order valence-corrected chi connectivity index (χ4v) is 16.5. The standard InChI is InChI=1S/C66H45N3Si/c1-5-19-48(20-6-1)67-63-32-18-15-29-57(63)60-43-46(34-42-64(60)67)47-33-40-58-55-27-14-17-31-62(55)69(65(58)44-47)50-37-41-59-56-28-13-16-30-61(56)68(66(59)45-50)49-35-38-54(39-36-49)70(51-21-7-2-8-22-51,52-23-9-3-10-24-52)53-25-11-4-12-26-53/h1-45H. The second kappa shape index (κ2) is 16.1. The first-order chi connectivity index (χ1) is 34.7. The Morgan fingerprint density at radius 2 is 0.543 bits per heavy atom. The molecule has 0 bridgehead atoms. The molecule has 0 atom stereocenters. The van der Waals surface area contributed by atoms with Gasteiger partial charge in [0.2, 0.25) is 0 Å². The fourth-order valence-electron chi connectivity index (χ4n) is 11.7. The first-order valence-corrected chi connectivity index (χ1v) is 26.2. The summed E-state index contributed by atoms with van der Waals surface area (Å²) in [5, 5.41) is 12.9. The van der Waals surface area contributed by atoms with Crippen LogP contribution >= 0.6 is 0 Å². The van der Waals surface area contributed by atoms with Gasteiger partial charge in [-0.2, -0.15) is 0 Å². The van der Waals surface area contributed by atoms with Crippen molar-refractivity contribution >= 4 is 94.2 Å². The number of hydrogen-bond donors (Lipinski definition) is 0. The summed E-state index contributed by atoms with van der Waals surface area (Å²) < 4.78 is 7.32. The van der Waals surface area contributed by atoms with Gasteiger partial charge in [-0.25, -0.2) is 0 Å². The highest BCUT2D eigenvalue weighted by atomic mass is 28.3. The second-order valence-corrected chi connectivity index (χ2v) is 22.3. The molecular formula is C66H45N3Si. The third kappa shape index (κ3) is 6.07. The summed E-state index contributed by atoms with van der Waals surface area (Å²) in [4.78, 5) is 0. The lowest BCUT2D eigenvalue weighted by molar-refractivity contribution is 1.16. The summed E-state index contributed by atoms with van der Waals surface area (Å²) >= 11 is 0. The van der Waals surface area contributed by atoms with Crippen molar-refractivity contribution in [2.45, 2.75) is 0 Å². The predicted molar refractivity (Wildman–Crippen MR) is 299 cm³/mol. The maximum Gasteiger partial charge on any atom is 0.179 e. The number of nitrogens with zero attached hydrogens (tertiary/aromatic N) is 3. The summed E-state index contributed by atoms with van der Waals surface area (Å²) in [6.45, 7) is 0. The van der Waals surface area contributed by atoms with Gasteiger partial charge >= 0.3 is 0 Å². The second-order valence-electron chi connectivity index (χ2n) is 18.5. The maximum absolute atomic E-state index is 2.69. The quantitative estimate of drug-likeness (QED) is 0.107. The molecule has 0 amide bonds. The van der Waals surface area contributed by atoms with E-state index < -0.39 is 8.07 Å². The third-order valence-electron chi connectivity index (χ3n) is 14.8. The van der Waals surface area contributed by atoms with Crippen molar-refractivity contribution in [3.8, 4) is 28.2 Å². The number of para-hydroxylation sites is 4. The third-order valence-corrected chi connectivity index (χ3v) is 19.6. The Kier molecular flexibility index (Phi) is 9.23. The van der Waals surface area contributed by atoms with Crippen molar-refractivity contribution in [3.05, 3.63) is 273 Å². The summed E-state index contributed by atoms with van der Waals surface area (Å²) in [5.74, 6) is 0. The van der Waals surface area contributed by atoms with Gasteiger partial charge in [0.1, 0.15) is 0 Å². The van der Waals surface area contributed by atoms with Gasteiger partial charge in [0, 0.05) is 49.4 Å². The molecule has 3 heterocycles. The molecule has 14 rings (SSSR count). The van der Waals surface area contributed by atoms with E-state index in [2.05, 4.69) is 287 Å². The molecule has 0 saturated heterocycles. The Balaban J connectivity index is 0.942. The average molecular weight is 908 g/mol. The van der Waals surface area contributed by atoms with Gasteiger partial charge in [0.05, 0.1) is 33.1 Å². The van der Waals surface area contributed by atoms with Crippen molar-refractivity contribution in [1.82, 2.24) is 13.7 Å². The highest BCUT2D eigenvalue weighted by Crippen LogP contribution is 2.40. The number of hydrogen-bond acceptors (Lipinski definition) is 0. The molecule has 0 aliphatic carbocycles. The Labute approximate surface area is 407 Å². The zero-order chi connectivity index (χ0) is 46.2. The number of rotatable bonds is 8. The van der Waals surface area contributed by atoms with Crippen molar-refractivity contribution in [3.63, 3.8) is 0 Å². The van der Waals surface area contributed by atoms with E-state index in [-0.39, 0.29) is 0 Å². The van der Waals surface area contributed by atoms with E-state index in [4.69, 9.17) is 0 Å². The largest absolute Gasteiger partial charge is 0.309 e. The lowest BCUT2D eigenvalue weighted by atomic mass is 10.0. The summed E-state index contributed by atoms with van der Waals surface area (Å²) in [6.07, 6.45) is 0. The molecule has 0 aliphatic heterocycles. The molecule has 11 aromatic carbocycles. The van der Waals surface area contributed by atoms with Crippen LogP contribution < -0.4 is 20.7 Å². The van der Waals surface area contributed by atoms with Crippen molar-refractivity contribution in [2.24, 2.45) is 0 Å².